The number of allylic oxidation sites excluding steroid dienone is 1. The largest absolute Gasteiger partial charge is 0.478 e. The zero-order valence-electron chi connectivity index (χ0n) is 7.89. The Labute approximate surface area is 86.8 Å². The second kappa shape index (κ2) is 2.93. The van der Waals surface area contributed by atoms with Crippen molar-refractivity contribution in [1.82, 2.24) is 0 Å². The molecule has 0 fully saturated rings. The van der Waals surface area contributed by atoms with Gasteiger partial charge in [0.05, 0.1) is 10.5 Å². The molecular formula is C10H8O4S. The highest BCUT2D eigenvalue weighted by molar-refractivity contribution is 7.95. The van der Waals surface area contributed by atoms with Crippen LogP contribution >= 0.6 is 0 Å². The summed E-state index contributed by atoms with van der Waals surface area (Å²) in [6.45, 7) is 1.68. The van der Waals surface area contributed by atoms with Crippen LogP contribution in [0.25, 0.3) is 5.57 Å². The fourth-order valence-electron chi connectivity index (χ4n) is 1.58. The fraction of sp³-hybridized carbons (Fsp3) is 0.100. The van der Waals surface area contributed by atoms with Crippen molar-refractivity contribution < 1.29 is 18.3 Å². The molecule has 15 heavy (non-hydrogen) atoms. The minimum Gasteiger partial charge on any atom is -0.478 e. The van der Waals surface area contributed by atoms with Crippen LogP contribution < -0.4 is 0 Å². The number of benzene rings is 1. The van der Waals surface area contributed by atoms with Crippen molar-refractivity contribution in [2.45, 2.75) is 11.8 Å². The van der Waals surface area contributed by atoms with Gasteiger partial charge in [0.15, 0.2) is 0 Å². The highest BCUT2D eigenvalue weighted by Crippen LogP contribution is 2.33. The van der Waals surface area contributed by atoms with Gasteiger partial charge in [0.25, 0.3) is 0 Å². The molecule has 1 N–H and O–H groups in total. The van der Waals surface area contributed by atoms with Gasteiger partial charge in [-0.1, -0.05) is 6.07 Å². The third-order valence-corrected chi connectivity index (χ3v) is 3.91. The number of carboxylic acid groups (broad SMARTS) is 1. The maximum absolute atomic E-state index is 11.6. The third-order valence-electron chi connectivity index (χ3n) is 2.29. The Morgan fingerprint density at radius 2 is 2.00 bits per heavy atom. The van der Waals surface area contributed by atoms with Crippen LogP contribution in [0.4, 0.5) is 0 Å². The molecule has 0 radical (unpaired) electrons. The molecular weight excluding hydrogens is 216 g/mol. The number of sulfone groups is 1. The van der Waals surface area contributed by atoms with Crippen LogP contribution in [0.1, 0.15) is 22.8 Å². The van der Waals surface area contributed by atoms with Crippen molar-refractivity contribution in [3.8, 4) is 0 Å². The number of hydrogen-bond acceptors (Lipinski definition) is 3. The lowest BCUT2D eigenvalue weighted by molar-refractivity contribution is 0.0696. The number of hydrogen-bond donors (Lipinski definition) is 1. The second-order valence-electron chi connectivity index (χ2n) is 3.36. The van der Waals surface area contributed by atoms with E-state index in [-0.39, 0.29) is 10.5 Å². The number of carboxylic acids is 1. The molecule has 4 nitrogen and oxygen atoms in total. The minimum absolute atomic E-state index is 0.0135. The van der Waals surface area contributed by atoms with Crippen LogP contribution in [0.5, 0.6) is 0 Å². The zero-order chi connectivity index (χ0) is 11.2. The van der Waals surface area contributed by atoms with Gasteiger partial charge in [0, 0.05) is 5.41 Å². The molecule has 5 heteroatoms. The first-order chi connectivity index (χ1) is 6.92. The Morgan fingerprint density at radius 1 is 1.33 bits per heavy atom. The van der Waals surface area contributed by atoms with Crippen molar-refractivity contribution in [3.63, 3.8) is 0 Å². The van der Waals surface area contributed by atoms with Crippen molar-refractivity contribution in [1.29, 1.82) is 0 Å². The molecule has 0 unspecified atom stereocenters. The van der Waals surface area contributed by atoms with E-state index in [1.807, 2.05) is 0 Å². The highest BCUT2D eigenvalue weighted by Gasteiger charge is 2.25. The standard InChI is InChI=1S/C10H8O4S/c1-6-5-15(13,14)9-4-7(10(11)12)2-3-8(6)9/h2-5H,1H3,(H,11,12). The summed E-state index contributed by atoms with van der Waals surface area (Å²) in [5, 5.41) is 9.90. The first-order valence-electron chi connectivity index (χ1n) is 4.23. The molecule has 1 aliphatic heterocycles. The summed E-state index contributed by atoms with van der Waals surface area (Å²) in [6, 6.07) is 4.12. The molecule has 1 aromatic rings. The highest BCUT2D eigenvalue weighted by atomic mass is 32.2. The average molecular weight is 224 g/mol. The second-order valence-corrected chi connectivity index (χ2v) is 5.13. The molecule has 78 valence electrons. The van der Waals surface area contributed by atoms with Crippen LogP contribution in [0.3, 0.4) is 0 Å². The van der Waals surface area contributed by atoms with Crippen LogP contribution in [0.2, 0.25) is 0 Å². The van der Waals surface area contributed by atoms with E-state index in [2.05, 4.69) is 0 Å². The molecule has 0 aromatic heterocycles. The van der Waals surface area contributed by atoms with E-state index in [9.17, 15) is 13.2 Å². The van der Waals surface area contributed by atoms with Crippen molar-refractivity contribution in [2.24, 2.45) is 0 Å². The van der Waals surface area contributed by atoms with Crippen molar-refractivity contribution >= 4 is 21.4 Å². The maximum Gasteiger partial charge on any atom is 0.335 e. The van der Waals surface area contributed by atoms with E-state index in [1.165, 1.54) is 18.2 Å². The zero-order valence-corrected chi connectivity index (χ0v) is 8.71. The molecule has 2 rings (SSSR count). The third kappa shape index (κ3) is 1.45. The first-order valence-corrected chi connectivity index (χ1v) is 5.77. The van der Waals surface area contributed by atoms with Gasteiger partial charge in [-0.3, -0.25) is 0 Å². The monoisotopic (exact) mass is 224 g/mol. The molecule has 0 spiro atoms. The van der Waals surface area contributed by atoms with Crippen LogP contribution in [0, 0.1) is 0 Å². The lowest BCUT2D eigenvalue weighted by atomic mass is 10.1. The van der Waals surface area contributed by atoms with E-state index >= 15 is 0 Å². The maximum atomic E-state index is 11.6. The Morgan fingerprint density at radius 3 is 2.60 bits per heavy atom. The van der Waals surface area contributed by atoms with E-state index in [0.29, 0.717) is 11.1 Å². The molecule has 0 saturated carbocycles. The fourth-order valence-corrected chi connectivity index (χ4v) is 3.12. The minimum atomic E-state index is -3.44. The van der Waals surface area contributed by atoms with E-state index in [4.69, 9.17) is 5.11 Å². The van der Waals surface area contributed by atoms with Gasteiger partial charge in [0.1, 0.15) is 0 Å². The molecule has 0 amide bonds. The summed E-state index contributed by atoms with van der Waals surface area (Å²) in [6.07, 6.45) is 0. The van der Waals surface area contributed by atoms with Crippen LogP contribution in [0.15, 0.2) is 28.5 Å². The topological polar surface area (TPSA) is 71.4 Å². The smallest absolute Gasteiger partial charge is 0.335 e. The SMILES string of the molecule is CC1=CS(=O)(=O)c2cc(C(=O)O)ccc21. The summed E-state index contributed by atoms with van der Waals surface area (Å²) in [5.41, 5.74) is 1.21. The van der Waals surface area contributed by atoms with E-state index in [0.717, 1.165) is 5.41 Å². The predicted octanol–water partition coefficient (Wildman–Crippen LogP) is 1.53. The average Bonchev–Trinajstić information content (AvgIpc) is 2.37. The normalized spacial score (nSPS) is 17.0. The molecule has 1 aromatic carbocycles. The van der Waals surface area contributed by atoms with E-state index in [1.54, 1.807) is 6.92 Å². The molecule has 0 aliphatic carbocycles. The summed E-state index contributed by atoms with van der Waals surface area (Å²) < 4.78 is 23.1. The van der Waals surface area contributed by atoms with Gasteiger partial charge in [0.2, 0.25) is 9.84 Å². The van der Waals surface area contributed by atoms with Gasteiger partial charge < -0.3 is 5.11 Å². The Bertz CT molecular complexity index is 581. The summed E-state index contributed by atoms with van der Waals surface area (Å²) in [4.78, 5) is 10.8. The first kappa shape index (κ1) is 9.92. The summed E-state index contributed by atoms with van der Waals surface area (Å²) in [7, 11) is -3.44. The Balaban J connectivity index is 2.73. The van der Waals surface area contributed by atoms with Gasteiger partial charge >= 0.3 is 5.97 Å². The summed E-state index contributed by atoms with van der Waals surface area (Å²) in [5.74, 6) is -1.13. The molecule has 1 aliphatic rings. The quantitative estimate of drug-likeness (QED) is 0.785. The number of rotatable bonds is 1. The van der Waals surface area contributed by atoms with Gasteiger partial charge in [-0.2, -0.15) is 0 Å². The lowest BCUT2D eigenvalue weighted by Gasteiger charge is -2.01. The van der Waals surface area contributed by atoms with E-state index < -0.39 is 15.8 Å². The Hall–Kier alpha value is -1.62. The van der Waals surface area contributed by atoms with Crippen molar-refractivity contribution in [2.75, 3.05) is 0 Å². The van der Waals surface area contributed by atoms with Crippen LogP contribution in [-0.4, -0.2) is 19.5 Å². The number of fused-ring (bicyclic) bond motifs is 1. The number of carbonyl (C=O) groups is 1. The molecule has 1 heterocycles. The Kier molecular flexibility index (Phi) is 1.94. The predicted molar refractivity (Wildman–Crippen MR) is 54.2 cm³/mol. The summed E-state index contributed by atoms with van der Waals surface area (Å²) >= 11 is 0. The molecule has 0 atom stereocenters. The van der Waals surface area contributed by atoms with Crippen LogP contribution in [-0.2, 0) is 9.84 Å². The number of aromatic carboxylic acids is 1. The van der Waals surface area contributed by atoms with Gasteiger partial charge in [-0.05, 0) is 30.2 Å². The van der Waals surface area contributed by atoms with Gasteiger partial charge in [-0.15, -0.1) is 0 Å². The molecule has 0 bridgehead atoms. The lowest BCUT2D eigenvalue weighted by Crippen LogP contribution is -2.00. The van der Waals surface area contributed by atoms with Gasteiger partial charge in [-0.25, -0.2) is 13.2 Å². The molecule has 0 saturated heterocycles. The van der Waals surface area contributed by atoms with Crippen molar-refractivity contribution in [3.05, 3.63) is 34.7 Å².